The van der Waals surface area contributed by atoms with Crippen LogP contribution in [-0.2, 0) is 9.53 Å². The van der Waals surface area contributed by atoms with Gasteiger partial charge in [-0.15, -0.1) is 0 Å². The Balaban J connectivity index is 2.01. The van der Waals surface area contributed by atoms with Crippen molar-refractivity contribution in [1.29, 1.82) is 0 Å². The number of ether oxygens (including phenoxy) is 1. The summed E-state index contributed by atoms with van der Waals surface area (Å²) in [6, 6.07) is 9.40. The average Bonchev–Trinajstić information content (AvgIpc) is 2.58. The van der Waals surface area contributed by atoms with Crippen LogP contribution in [0.3, 0.4) is 0 Å². The number of nitrogens with zero attached hydrogens (tertiary/aromatic N) is 1. The first-order chi connectivity index (χ1) is 11.8. The quantitative estimate of drug-likeness (QED) is 0.477. The molecule has 0 heterocycles. The molecule has 2 aromatic carbocycles. The summed E-state index contributed by atoms with van der Waals surface area (Å²) < 4.78 is 5.04. The monoisotopic (exact) mass is 382 g/mol. The van der Waals surface area contributed by atoms with Crippen molar-refractivity contribution in [2.45, 2.75) is 13.0 Å². The van der Waals surface area contributed by atoms with E-state index >= 15 is 0 Å². The number of rotatable bonds is 5. The van der Waals surface area contributed by atoms with Gasteiger partial charge in [0.2, 0.25) is 0 Å². The third kappa shape index (κ3) is 4.91. The fourth-order valence-electron chi connectivity index (χ4n) is 1.83. The first-order valence-electron chi connectivity index (χ1n) is 6.99. The van der Waals surface area contributed by atoms with Crippen LogP contribution in [0.25, 0.3) is 0 Å². The van der Waals surface area contributed by atoms with E-state index in [0.717, 1.165) is 0 Å². The number of halogens is 2. The summed E-state index contributed by atoms with van der Waals surface area (Å²) >= 11 is 11.8. The maximum atomic E-state index is 12.1. The number of non-ortho nitro benzene ring substituents is 1. The summed E-state index contributed by atoms with van der Waals surface area (Å²) in [5, 5.41) is 13.8. The summed E-state index contributed by atoms with van der Waals surface area (Å²) in [6.45, 7) is 1.39. The predicted molar refractivity (Wildman–Crippen MR) is 93.1 cm³/mol. The van der Waals surface area contributed by atoms with Crippen LogP contribution in [-0.4, -0.2) is 22.9 Å². The lowest BCUT2D eigenvalue weighted by atomic mass is 10.2. The maximum absolute atomic E-state index is 12.1. The molecule has 1 N–H and O–H groups in total. The lowest BCUT2D eigenvalue weighted by molar-refractivity contribution is -0.384. The first-order valence-corrected chi connectivity index (χ1v) is 7.75. The van der Waals surface area contributed by atoms with Crippen molar-refractivity contribution in [2.24, 2.45) is 0 Å². The fourth-order valence-corrected chi connectivity index (χ4v) is 2.17. The Kier molecular flexibility index (Phi) is 5.95. The Hall–Kier alpha value is -2.64. The SMILES string of the molecule is CC(OC(=O)c1ccc([N+](=O)[O-])cc1)C(=O)Nc1cc(Cl)ccc1Cl. The summed E-state index contributed by atoms with van der Waals surface area (Å²) in [4.78, 5) is 34.1. The van der Waals surface area contributed by atoms with Gasteiger partial charge in [-0.3, -0.25) is 14.9 Å². The molecule has 2 rings (SSSR count). The van der Waals surface area contributed by atoms with Gasteiger partial charge in [0.05, 0.1) is 21.2 Å². The lowest BCUT2D eigenvalue weighted by Gasteiger charge is -2.14. The number of nitro benzene ring substituents is 1. The molecule has 0 fully saturated rings. The maximum Gasteiger partial charge on any atom is 0.338 e. The van der Waals surface area contributed by atoms with Crippen molar-refractivity contribution in [3.8, 4) is 0 Å². The number of carbonyl (C=O) groups is 2. The Morgan fingerprint density at radius 1 is 1.16 bits per heavy atom. The van der Waals surface area contributed by atoms with Crippen LogP contribution in [0, 0.1) is 10.1 Å². The Labute approximate surface area is 152 Å². The zero-order valence-corrected chi connectivity index (χ0v) is 14.4. The van der Waals surface area contributed by atoms with Gasteiger partial charge < -0.3 is 10.1 Å². The highest BCUT2D eigenvalue weighted by Gasteiger charge is 2.20. The fraction of sp³-hybridized carbons (Fsp3) is 0.125. The zero-order chi connectivity index (χ0) is 18.6. The highest BCUT2D eigenvalue weighted by atomic mass is 35.5. The normalized spacial score (nSPS) is 11.5. The summed E-state index contributed by atoms with van der Waals surface area (Å²) in [6.07, 6.45) is -1.11. The van der Waals surface area contributed by atoms with Gasteiger partial charge in [-0.2, -0.15) is 0 Å². The molecule has 7 nitrogen and oxygen atoms in total. The number of carbonyl (C=O) groups excluding carboxylic acids is 2. The molecular weight excluding hydrogens is 371 g/mol. The first kappa shape index (κ1) is 18.7. The predicted octanol–water partition coefficient (Wildman–Crippen LogP) is 4.09. The minimum absolute atomic E-state index is 0.0889. The molecule has 0 aliphatic rings. The molecule has 0 saturated carbocycles. The summed E-state index contributed by atoms with van der Waals surface area (Å²) in [5.41, 5.74) is 0.223. The second kappa shape index (κ2) is 7.96. The van der Waals surface area contributed by atoms with E-state index in [4.69, 9.17) is 27.9 Å². The lowest BCUT2D eigenvalue weighted by Crippen LogP contribution is -2.30. The Morgan fingerprint density at radius 2 is 1.80 bits per heavy atom. The van der Waals surface area contributed by atoms with E-state index in [2.05, 4.69) is 5.32 Å². The molecule has 0 aromatic heterocycles. The van der Waals surface area contributed by atoms with Crippen LogP contribution in [0.4, 0.5) is 11.4 Å². The van der Waals surface area contributed by atoms with Crippen molar-refractivity contribution in [2.75, 3.05) is 5.32 Å². The van der Waals surface area contributed by atoms with Gasteiger partial charge in [-0.05, 0) is 37.3 Å². The second-order valence-electron chi connectivity index (χ2n) is 4.96. The van der Waals surface area contributed by atoms with Gasteiger partial charge >= 0.3 is 5.97 Å². The van der Waals surface area contributed by atoms with E-state index in [-0.39, 0.29) is 22.0 Å². The van der Waals surface area contributed by atoms with Crippen LogP contribution in [0.5, 0.6) is 0 Å². The van der Waals surface area contributed by atoms with Crippen LogP contribution >= 0.6 is 23.2 Å². The van der Waals surface area contributed by atoms with Crippen LogP contribution in [0.15, 0.2) is 42.5 Å². The molecule has 0 aliphatic heterocycles. The number of nitrogens with one attached hydrogen (secondary N) is 1. The minimum Gasteiger partial charge on any atom is -0.449 e. The van der Waals surface area contributed by atoms with Crippen molar-refractivity contribution in [3.05, 3.63) is 68.2 Å². The van der Waals surface area contributed by atoms with Crippen LogP contribution in [0.2, 0.25) is 10.0 Å². The smallest absolute Gasteiger partial charge is 0.338 e. The topological polar surface area (TPSA) is 98.5 Å². The molecule has 0 bridgehead atoms. The van der Waals surface area contributed by atoms with Gasteiger partial charge in [0.25, 0.3) is 11.6 Å². The van der Waals surface area contributed by atoms with Crippen LogP contribution < -0.4 is 5.32 Å². The van der Waals surface area contributed by atoms with E-state index in [1.165, 1.54) is 43.3 Å². The molecule has 9 heteroatoms. The molecule has 0 radical (unpaired) electrons. The highest BCUT2D eigenvalue weighted by Crippen LogP contribution is 2.25. The summed E-state index contributed by atoms with van der Waals surface area (Å²) in [7, 11) is 0. The number of nitro groups is 1. The molecule has 1 atom stereocenters. The molecule has 0 aliphatic carbocycles. The molecule has 0 saturated heterocycles. The molecule has 0 spiro atoms. The van der Waals surface area contributed by atoms with Crippen molar-refractivity contribution in [3.63, 3.8) is 0 Å². The second-order valence-corrected chi connectivity index (χ2v) is 5.81. The number of hydrogen-bond donors (Lipinski definition) is 1. The summed E-state index contributed by atoms with van der Waals surface area (Å²) in [5.74, 6) is -1.38. The highest BCUT2D eigenvalue weighted by molar-refractivity contribution is 6.35. The van der Waals surface area contributed by atoms with E-state index in [9.17, 15) is 19.7 Å². The molecule has 1 amide bonds. The van der Waals surface area contributed by atoms with Gasteiger partial charge in [0.15, 0.2) is 6.10 Å². The zero-order valence-electron chi connectivity index (χ0n) is 12.9. The number of esters is 1. The third-order valence-corrected chi connectivity index (χ3v) is 3.72. The molecule has 25 heavy (non-hydrogen) atoms. The standard InChI is InChI=1S/C16H12Cl2N2O5/c1-9(15(21)19-14-8-11(17)4-7-13(14)18)25-16(22)10-2-5-12(6-3-10)20(23)24/h2-9H,1H3,(H,19,21). The largest absolute Gasteiger partial charge is 0.449 e. The van der Waals surface area contributed by atoms with Gasteiger partial charge in [-0.1, -0.05) is 23.2 Å². The van der Waals surface area contributed by atoms with Crippen molar-refractivity contribution in [1.82, 2.24) is 0 Å². The van der Waals surface area contributed by atoms with E-state index < -0.39 is 22.9 Å². The van der Waals surface area contributed by atoms with Crippen molar-refractivity contribution < 1.29 is 19.2 Å². The van der Waals surface area contributed by atoms with Gasteiger partial charge in [0, 0.05) is 17.2 Å². The van der Waals surface area contributed by atoms with Gasteiger partial charge in [0.1, 0.15) is 0 Å². The number of hydrogen-bond acceptors (Lipinski definition) is 5. The molecular formula is C16H12Cl2N2O5. The molecule has 130 valence electrons. The number of benzene rings is 2. The van der Waals surface area contributed by atoms with Gasteiger partial charge in [-0.25, -0.2) is 4.79 Å². The van der Waals surface area contributed by atoms with E-state index in [0.29, 0.717) is 5.02 Å². The molecule has 2 aromatic rings. The number of anilines is 1. The van der Waals surface area contributed by atoms with E-state index in [1.807, 2.05) is 0 Å². The average molecular weight is 383 g/mol. The van der Waals surface area contributed by atoms with Crippen molar-refractivity contribution >= 4 is 46.5 Å². The Morgan fingerprint density at radius 3 is 2.40 bits per heavy atom. The molecule has 1 unspecified atom stereocenters. The van der Waals surface area contributed by atoms with Crippen LogP contribution in [0.1, 0.15) is 17.3 Å². The Bertz CT molecular complexity index is 824. The van der Waals surface area contributed by atoms with E-state index in [1.54, 1.807) is 6.07 Å². The number of amides is 1. The minimum atomic E-state index is -1.11. The third-order valence-electron chi connectivity index (χ3n) is 3.15.